The molecule has 1 aliphatic heterocycles. The van der Waals surface area contributed by atoms with Crippen molar-refractivity contribution in [2.75, 3.05) is 46.3 Å². The summed E-state index contributed by atoms with van der Waals surface area (Å²) in [6, 6.07) is 0. The molecular weight excluding hydrogens is 174 g/mol. The number of likely N-dealkylation sites (N-methyl/N-ethyl adjacent to an activating group) is 1. The number of piperazine rings is 1. The molecular formula is C8H20ClN3. The highest BCUT2D eigenvalue weighted by atomic mass is 35.5. The minimum absolute atomic E-state index is 0. The number of hydrogen-bond donors (Lipinski definition) is 1. The first-order valence-electron chi connectivity index (χ1n) is 4.44. The fraction of sp³-hybridized carbons (Fsp3) is 1.00. The third-order valence-corrected chi connectivity index (χ3v) is 2.27. The summed E-state index contributed by atoms with van der Waals surface area (Å²) in [6.45, 7) is 6.87. The molecule has 0 aromatic carbocycles. The van der Waals surface area contributed by atoms with Crippen LogP contribution in [0.3, 0.4) is 0 Å². The first-order valence-corrected chi connectivity index (χ1v) is 4.44. The maximum Gasteiger partial charge on any atom is 0.0110 e. The van der Waals surface area contributed by atoms with E-state index in [-0.39, 0.29) is 12.4 Å². The number of nitrogens with two attached hydrogens (primary N) is 1. The van der Waals surface area contributed by atoms with Crippen LogP contribution >= 0.6 is 12.4 Å². The van der Waals surface area contributed by atoms with E-state index < -0.39 is 0 Å². The molecule has 0 spiro atoms. The van der Waals surface area contributed by atoms with Crippen molar-refractivity contribution in [2.45, 2.75) is 6.42 Å². The van der Waals surface area contributed by atoms with Gasteiger partial charge in [0.1, 0.15) is 0 Å². The third kappa shape index (κ3) is 4.26. The van der Waals surface area contributed by atoms with Gasteiger partial charge in [-0.2, -0.15) is 0 Å². The van der Waals surface area contributed by atoms with Crippen molar-refractivity contribution in [2.24, 2.45) is 5.73 Å². The Morgan fingerprint density at radius 3 is 2.25 bits per heavy atom. The lowest BCUT2D eigenvalue weighted by Gasteiger charge is -2.32. The molecule has 1 saturated heterocycles. The molecule has 0 aromatic rings. The Morgan fingerprint density at radius 1 is 1.17 bits per heavy atom. The van der Waals surface area contributed by atoms with E-state index in [1.165, 1.54) is 32.7 Å². The SMILES string of the molecule is CN1CCN(CCCN)CC1.Cl. The van der Waals surface area contributed by atoms with Crippen LogP contribution < -0.4 is 5.73 Å². The van der Waals surface area contributed by atoms with E-state index in [0.29, 0.717) is 0 Å². The lowest BCUT2D eigenvalue weighted by atomic mass is 10.3. The topological polar surface area (TPSA) is 32.5 Å². The van der Waals surface area contributed by atoms with Crippen molar-refractivity contribution in [1.82, 2.24) is 9.80 Å². The molecule has 1 aliphatic rings. The van der Waals surface area contributed by atoms with Gasteiger partial charge < -0.3 is 15.5 Å². The van der Waals surface area contributed by atoms with Gasteiger partial charge in [0.15, 0.2) is 0 Å². The Bertz CT molecular complexity index is 99.7. The highest BCUT2D eigenvalue weighted by molar-refractivity contribution is 5.85. The summed E-state index contributed by atoms with van der Waals surface area (Å²) >= 11 is 0. The Balaban J connectivity index is 0.00000121. The Hall–Kier alpha value is 0.170. The molecule has 0 radical (unpaired) electrons. The first-order chi connectivity index (χ1) is 5.33. The molecule has 0 aliphatic carbocycles. The van der Waals surface area contributed by atoms with Gasteiger partial charge in [0, 0.05) is 26.2 Å². The second-order valence-electron chi connectivity index (χ2n) is 3.29. The molecule has 3 nitrogen and oxygen atoms in total. The molecule has 0 saturated carbocycles. The molecule has 1 heterocycles. The molecule has 2 N–H and O–H groups in total. The van der Waals surface area contributed by atoms with Crippen LogP contribution in [0.15, 0.2) is 0 Å². The zero-order valence-electron chi connectivity index (χ0n) is 7.83. The van der Waals surface area contributed by atoms with Crippen LogP contribution in [0.2, 0.25) is 0 Å². The summed E-state index contributed by atoms with van der Waals surface area (Å²) in [7, 11) is 2.18. The summed E-state index contributed by atoms with van der Waals surface area (Å²) < 4.78 is 0. The van der Waals surface area contributed by atoms with Gasteiger partial charge in [-0.25, -0.2) is 0 Å². The highest BCUT2D eigenvalue weighted by Crippen LogP contribution is 1.98. The van der Waals surface area contributed by atoms with E-state index in [2.05, 4.69) is 16.8 Å². The molecule has 0 bridgehead atoms. The molecule has 12 heavy (non-hydrogen) atoms. The Kier molecular flexibility index (Phi) is 6.76. The van der Waals surface area contributed by atoms with Gasteiger partial charge in [0.05, 0.1) is 0 Å². The number of nitrogens with zero attached hydrogens (tertiary/aromatic N) is 2. The summed E-state index contributed by atoms with van der Waals surface area (Å²) in [6.07, 6.45) is 1.14. The van der Waals surface area contributed by atoms with Crippen molar-refractivity contribution in [3.8, 4) is 0 Å². The van der Waals surface area contributed by atoms with Crippen LogP contribution in [0, 0.1) is 0 Å². The molecule has 1 fully saturated rings. The Labute approximate surface area is 81.3 Å². The van der Waals surface area contributed by atoms with Crippen molar-refractivity contribution in [3.05, 3.63) is 0 Å². The predicted molar refractivity (Wildman–Crippen MR) is 54.9 cm³/mol. The fourth-order valence-electron chi connectivity index (χ4n) is 1.39. The number of halogens is 1. The van der Waals surface area contributed by atoms with Gasteiger partial charge in [0.2, 0.25) is 0 Å². The normalized spacial score (nSPS) is 20.5. The quantitative estimate of drug-likeness (QED) is 0.686. The molecule has 0 unspecified atom stereocenters. The minimum Gasteiger partial charge on any atom is -0.330 e. The maximum atomic E-state index is 5.44. The van der Waals surface area contributed by atoms with Gasteiger partial charge >= 0.3 is 0 Å². The van der Waals surface area contributed by atoms with Crippen LogP contribution in [0.25, 0.3) is 0 Å². The monoisotopic (exact) mass is 193 g/mol. The van der Waals surface area contributed by atoms with E-state index in [1.807, 2.05) is 0 Å². The van der Waals surface area contributed by atoms with Crippen molar-refractivity contribution in [1.29, 1.82) is 0 Å². The van der Waals surface area contributed by atoms with E-state index in [1.54, 1.807) is 0 Å². The maximum absolute atomic E-state index is 5.44. The average molecular weight is 194 g/mol. The molecule has 0 amide bonds. The lowest BCUT2D eigenvalue weighted by molar-refractivity contribution is 0.153. The van der Waals surface area contributed by atoms with E-state index >= 15 is 0 Å². The number of hydrogen-bond acceptors (Lipinski definition) is 3. The molecule has 4 heteroatoms. The van der Waals surface area contributed by atoms with E-state index in [4.69, 9.17) is 5.73 Å². The first kappa shape index (κ1) is 12.2. The van der Waals surface area contributed by atoms with Crippen LogP contribution in [-0.4, -0.2) is 56.1 Å². The fourth-order valence-corrected chi connectivity index (χ4v) is 1.39. The van der Waals surface area contributed by atoms with Gasteiger partial charge in [0.25, 0.3) is 0 Å². The highest BCUT2D eigenvalue weighted by Gasteiger charge is 2.11. The molecule has 74 valence electrons. The number of rotatable bonds is 3. The zero-order chi connectivity index (χ0) is 8.10. The van der Waals surface area contributed by atoms with Gasteiger partial charge in [-0.05, 0) is 26.6 Å². The standard InChI is InChI=1S/C8H19N3.ClH/c1-10-5-7-11(8-6-10)4-2-3-9;/h2-9H2,1H3;1H. The van der Waals surface area contributed by atoms with E-state index in [9.17, 15) is 0 Å². The zero-order valence-corrected chi connectivity index (χ0v) is 8.65. The van der Waals surface area contributed by atoms with Crippen LogP contribution in [0.1, 0.15) is 6.42 Å². The smallest absolute Gasteiger partial charge is 0.0110 e. The largest absolute Gasteiger partial charge is 0.330 e. The lowest BCUT2D eigenvalue weighted by Crippen LogP contribution is -2.44. The second-order valence-corrected chi connectivity index (χ2v) is 3.29. The van der Waals surface area contributed by atoms with Crippen molar-refractivity contribution in [3.63, 3.8) is 0 Å². The van der Waals surface area contributed by atoms with Crippen LogP contribution in [0.5, 0.6) is 0 Å². The molecule has 1 rings (SSSR count). The molecule has 0 atom stereocenters. The summed E-state index contributed by atoms with van der Waals surface area (Å²) in [5, 5.41) is 0. The summed E-state index contributed by atoms with van der Waals surface area (Å²) in [4.78, 5) is 4.87. The van der Waals surface area contributed by atoms with E-state index in [0.717, 1.165) is 13.0 Å². The second kappa shape index (κ2) is 6.66. The average Bonchev–Trinajstić information content (AvgIpc) is 2.04. The third-order valence-electron chi connectivity index (χ3n) is 2.27. The Morgan fingerprint density at radius 2 is 1.75 bits per heavy atom. The van der Waals surface area contributed by atoms with Crippen molar-refractivity contribution < 1.29 is 0 Å². The van der Waals surface area contributed by atoms with Crippen molar-refractivity contribution >= 4 is 12.4 Å². The van der Waals surface area contributed by atoms with Crippen LogP contribution in [-0.2, 0) is 0 Å². The molecule has 0 aromatic heterocycles. The summed E-state index contributed by atoms with van der Waals surface area (Å²) in [5.41, 5.74) is 5.44. The van der Waals surface area contributed by atoms with Gasteiger partial charge in [-0.1, -0.05) is 0 Å². The minimum atomic E-state index is 0. The van der Waals surface area contributed by atoms with Crippen LogP contribution in [0.4, 0.5) is 0 Å². The van der Waals surface area contributed by atoms with Gasteiger partial charge in [-0.3, -0.25) is 0 Å². The predicted octanol–water partition coefficient (Wildman–Crippen LogP) is 0.00440. The summed E-state index contributed by atoms with van der Waals surface area (Å²) in [5.74, 6) is 0. The van der Waals surface area contributed by atoms with Gasteiger partial charge in [-0.15, -0.1) is 12.4 Å².